The van der Waals surface area contributed by atoms with E-state index in [9.17, 15) is 0 Å². The molecule has 90 valence electrons. The normalized spacial score (nSPS) is 11.7. The van der Waals surface area contributed by atoms with Gasteiger partial charge in [0.1, 0.15) is 0 Å². The largest absolute Gasteiger partial charge is 0.313 e. The highest BCUT2D eigenvalue weighted by molar-refractivity contribution is 6.76. The lowest BCUT2D eigenvalue weighted by atomic mass is 10.2. The Kier molecular flexibility index (Phi) is 5.78. The van der Waals surface area contributed by atoms with Gasteiger partial charge in [0, 0.05) is 14.6 Å². The van der Waals surface area contributed by atoms with Crippen LogP contribution in [0.2, 0.25) is 25.7 Å². The molecule has 0 aliphatic heterocycles. The van der Waals surface area contributed by atoms with E-state index in [0.29, 0.717) is 0 Å². The molecule has 0 bridgehead atoms. The number of hydrogen-bond donors (Lipinski definition) is 1. The first-order chi connectivity index (χ1) is 7.58. The predicted octanol–water partition coefficient (Wildman–Crippen LogP) is 3.89. The van der Waals surface area contributed by atoms with E-state index in [4.69, 9.17) is 0 Å². The fraction of sp³-hybridized carbons (Fsp3) is 0.571. The topological polar surface area (TPSA) is 12.0 Å². The van der Waals surface area contributed by atoms with Crippen molar-refractivity contribution >= 4 is 8.07 Å². The Morgan fingerprint density at radius 1 is 1.00 bits per heavy atom. The first-order valence-corrected chi connectivity index (χ1v) is 10.0. The van der Waals surface area contributed by atoms with Crippen molar-refractivity contribution < 1.29 is 0 Å². The molecule has 0 aliphatic rings. The lowest BCUT2D eigenvalue weighted by Gasteiger charge is -2.15. The Morgan fingerprint density at radius 3 is 2.31 bits per heavy atom. The van der Waals surface area contributed by atoms with Crippen LogP contribution in [-0.4, -0.2) is 14.6 Å². The van der Waals surface area contributed by atoms with Crippen molar-refractivity contribution in [3.05, 3.63) is 35.9 Å². The molecule has 0 fully saturated rings. The third-order valence-corrected chi connectivity index (χ3v) is 4.56. The lowest BCUT2D eigenvalue weighted by Crippen LogP contribution is -2.20. The van der Waals surface area contributed by atoms with Crippen molar-refractivity contribution in [1.29, 1.82) is 0 Å². The second-order valence-electron chi connectivity index (χ2n) is 5.68. The van der Waals surface area contributed by atoms with E-state index < -0.39 is 8.07 Å². The monoisotopic (exact) mass is 235 g/mol. The van der Waals surface area contributed by atoms with Crippen LogP contribution < -0.4 is 5.32 Å². The van der Waals surface area contributed by atoms with Crippen LogP contribution in [0, 0.1) is 0 Å². The fourth-order valence-corrected chi connectivity index (χ4v) is 3.04. The number of nitrogens with one attached hydrogen (secondary N) is 1. The summed E-state index contributed by atoms with van der Waals surface area (Å²) in [6.45, 7) is 9.51. The summed E-state index contributed by atoms with van der Waals surface area (Å²) in [5.41, 5.74) is 1.38. The molecule has 0 aliphatic carbocycles. The van der Waals surface area contributed by atoms with Crippen LogP contribution >= 0.6 is 0 Å². The van der Waals surface area contributed by atoms with Gasteiger partial charge in [0.05, 0.1) is 0 Å². The fourth-order valence-electron chi connectivity index (χ4n) is 1.73. The molecule has 2 heteroatoms. The van der Waals surface area contributed by atoms with Gasteiger partial charge in [-0.15, -0.1) is 0 Å². The van der Waals surface area contributed by atoms with Crippen LogP contribution in [0.1, 0.15) is 18.4 Å². The van der Waals surface area contributed by atoms with Crippen molar-refractivity contribution in [2.45, 2.75) is 45.1 Å². The van der Waals surface area contributed by atoms with E-state index >= 15 is 0 Å². The number of benzene rings is 1. The minimum Gasteiger partial charge on any atom is -0.313 e. The molecule has 0 unspecified atom stereocenters. The Morgan fingerprint density at radius 2 is 1.69 bits per heavy atom. The molecule has 0 heterocycles. The van der Waals surface area contributed by atoms with Gasteiger partial charge in [0.15, 0.2) is 0 Å². The second-order valence-corrected chi connectivity index (χ2v) is 11.3. The molecular formula is C14H25NSi. The van der Waals surface area contributed by atoms with E-state index in [-0.39, 0.29) is 0 Å². The molecule has 1 aromatic carbocycles. The lowest BCUT2D eigenvalue weighted by molar-refractivity contribution is 0.639. The first kappa shape index (κ1) is 13.5. The molecule has 1 nitrogen and oxygen atoms in total. The van der Waals surface area contributed by atoms with Crippen LogP contribution in [-0.2, 0) is 6.54 Å². The molecular weight excluding hydrogens is 210 g/mol. The van der Waals surface area contributed by atoms with Gasteiger partial charge in [-0.05, 0) is 18.5 Å². The predicted molar refractivity (Wildman–Crippen MR) is 75.5 cm³/mol. The minimum atomic E-state index is -0.809. The molecule has 0 aromatic heterocycles. The quantitative estimate of drug-likeness (QED) is 0.558. The summed E-state index contributed by atoms with van der Waals surface area (Å²) in [6.07, 6.45) is 2.70. The van der Waals surface area contributed by atoms with Crippen molar-refractivity contribution in [1.82, 2.24) is 5.32 Å². The summed E-state index contributed by atoms with van der Waals surface area (Å²) in [5, 5.41) is 3.50. The van der Waals surface area contributed by atoms with Crippen LogP contribution in [0.5, 0.6) is 0 Å². The molecule has 16 heavy (non-hydrogen) atoms. The van der Waals surface area contributed by atoms with Gasteiger partial charge in [0.2, 0.25) is 0 Å². The Hall–Kier alpha value is -0.603. The molecule has 0 amide bonds. The Labute approximate surface area is 101 Å². The van der Waals surface area contributed by atoms with E-state index in [2.05, 4.69) is 55.3 Å². The zero-order chi connectivity index (χ0) is 11.9. The van der Waals surface area contributed by atoms with Gasteiger partial charge in [0.25, 0.3) is 0 Å². The van der Waals surface area contributed by atoms with Crippen molar-refractivity contribution in [2.75, 3.05) is 6.54 Å². The molecule has 0 saturated heterocycles. The average Bonchev–Trinajstić information content (AvgIpc) is 2.23. The number of hydrogen-bond acceptors (Lipinski definition) is 1. The molecule has 0 atom stereocenters. The van der Waals surface area contributed by atoms with Gasteiger partial charge in [-0.25, -0.2) is 0 Å². The van der Waals surface area contributed by atoms with Gasteiger partial charge in [-0.2, -0.15) is 0 Å². The van der Waals surface area contributed by atoms with Crippen LogP contribution in [0.3, 0.4) is 0 Å². The maximum absolute atomic E-state index is 3.50. The summed E-state index contributed by atoms with van der Waals surface area (Å²) in [7, 11) is -0.809. The van der Waals surface area contributed by atoms with Crippen molar-refractivity contribution in [3.8, 4) is 0 Å². The molecule has 1 rings (SSSR count). The van der Waals surface area contributed by atoms with Gasteiger partial charge in [-0.3, -0.25) is 0 Å². The van der Waals surface area contributed by atoms with Crippen molar-refractivity contribution in [2.24, 2.45) is 0 Å². The smallest absolute Gasteiger partial charge is 0.0442 e. The highest BCUT2D eigenvalue weighted by atomic mass is 28.3. The maximum atomic E-state index is 3.50. The highest BCUT2D eigenvalue weighted by Crippen LogP contribution is 2.12. The van der Waals surface area contributed by atoms with Gasteiger partial charge in [-0.1, -0.05) is 62.4 Å². The highest BCUT2D eigenvalue weighted by Gasteiger charge is 2.11. The number of unbranched alkanes of at least 4 members (excludes halogenated alkanes) is 1. The molecule has 0 saturated carbocycles. The maximum Gasteiger partial charge on any atom is 0.0442 e. The van der Waals surface area contributed by atoms with E-state index in [0.717, 1.165) is 13.1 Å². The van der Waals surface area contributed by atoms with Gasteiger partial charge < -0.3 is 5.32 Å². The molecule has 1 aromatic rings. The van der Waals surface area contributed by atoms with Crippen molar-refractivity contribution in [3.63, 3.8) is 0 Å². The van der Waals surface area contributed by atoms with E-state index in [1.165, 1.54) is 24.4 Å². The van der Waals surface area contributed by atoms with Crippen LogP contribution in [0.4, 0.5) is 0 Å². The summed E-state index contributed by atoms with van der Waals surface area (Å²) in [5.74, 6) is 0. The first-order valence-electron chi connectivity index (χ1n) is 6.32. The zero-order valence-corrected chi connectivity index (χ0v) is 11.9. The third-order valence-electron chi connectivity index (χ3n) is 2.70. The second kappa shape index (κ2) is 6.87. The Balaban J connectivity index is 2.01. The van der Waals surface area contributed by atoms with E-state index in [1.807, 2.05) is 0 Å². The SMILES string of the molecule is C[Si](C)(C)CCCCNCc1ccccc1. The summed E-state index contributed by atoms with van der Waals surface area (Å²) < 4.78 is 0. The molecule has 1 N–H and O–H groups in total. The Bertz CT molecular complexity index is 277. The number of rotatable bonds is 7. The minimum absolute atomic E-state index is 0.809. The summed E-state index contributed by atoms with van der Waals surface area (Å²) >= 11 is 0. The average molecular weight is 235 g/mol. The molecule has 0 spiro atoms. The van der Waals surface area contributed by atoms with Gasteiger partial charge >= 0.3 is 0 Å². The summed E-state index contributed by atoms with van der Waals surface area (Å²) in [6, 6.07) is 12.1. The van der Waals surface area contributed by atoms with Crippen LogP contribution in [0.15, 0.2) is 30.3 Å². The van der Waals surface area contributed by atoms with E-state index in [1.54, 1.807) is 0 Å². The zero-order valence-electron chi connectivity index (χ0n) is 10.9. The summed E-state index contributed by atoms with van der Waals surface area (Å²) in [4.78, 5) is 0. The van der Waals surface area contributed by atoms with Crippen LogP contribution in [0.25, 0.3) is 0 Å². The standard InChI is InChI=1S/C14H25NSi/c1-16(2,3)12-8-7-11-15-13-14-9-5-4-6-10-14/h4-6,9-10,15H,7-8,11-13H2,1-3H3. The third kappa shape index (κ3) is 6.80. The molecule has 0 radical (unpaired) electrons.